The molecule has 0 aromatic carbocycles. The number of aliphatic hydroxyl groups excluding tert-OH is 2. The summed E-state index contributed by atoms with van der Waals surface area (Å²) >= 11 is 0. The van der Waals surface area contributed by atoms with Crippen molar-refractivity contribution in [3.63, 3.8) is 0 Å². The quantitative estimate of drug-likeness (QED) is 0.0801. The van der Waals surface area contributed by atoms with Gasteiger partial charge in [-0.1, -0.05) is 0 Å². The summed E-state index contributed by atoms with van der Waals surface area (Å²) in [5.41, 5.74) is 10.5. The van der Waals surface area contributed by atoms with Crippen molar-refractivity contribution in [3.05, 3.63) is 29.3 Å². The first-order chi connectivity index (χ1) is 21.6. The number of ether oxygens (including phenoxy) is 2. The zero-order valence-electron chi connectivity index (χ0n) is 22.8. The molecule has 0 spiro atoms. The monoisotopic (exact) mass is 694 g/mol. The zero-order chi connectivity index (χ0) is 33.1. The molecule has 2 aliphatic heterocycles. The number of halogens is 1. The molecule has 2 saturated heterocycles. The van der Waals surface area contributed by atoms with E-state index < -0.39 is 83.6 Å². The number of nitrogens with zero attached hydrogens (tertiary/aromatic N) is 7. The molecule has 0 bridgehead atoms. The number of H-pyrrole nitrogens is 1. The fraction of sp³-hybridized carbons (Fsp3) is 0.500. The SMILES string of the molecule is Nc1nc2c(ncn2[C@@H]2O[C@H](COP(=O)(O)O[C@H]3[C@@H](F)[C@H](n4cnc5c(N)ncnc54)O[C@@H]3COP(=O)(O)O)[C@@H](O)[C@H]2O)c(=O)[nH]1. The van der Waals surface area contributed by atoms with Gasteiger partial charge < -0.3 is 45.8 Å². The van der Waals surface area contributed by atoms with E-state index in [-0.39, 0.29) is 34.1 Å². The van der Waals surface area contributed by atoms with Gasteiger partial charge in [0.25, 0.3) is 5.56 Å². The number of alkyl halides is 1. The second kappa shape index (κ2) is 11.9. The Kier molecular flexibility index (Phi) is 8.42. The van der Waals surface area contributed by atoms with Gasteiger partial charge in [0.1, 0.15) is 42.4 Å². The third-order valence-electron chi connectivity index (χ3n) is 7.05. The van der Waals surface area contributed by atoms with Gasteiger partial charge in [0, 0.05) is 0 Å². The normalized spacial score (nSPS) is 30.0. The van der Waals surface area contributed by atoms with Crippen molar-refractivity contribution in [1.29, 1.82) is 0 Å². The number of imidazole rings is 2. The van der Waals surface area contributed by atoms with E-state index in [1.807, 2.05) is 0 Å². The third kappa shape index (κ3) is 6.13. The second-order valence-electron chi connectivity index (χ2n) is 10.0. The average molecular weight is 694 g/mol. The fourth-order valence-corrected chi connectivity index (χ4v) is 6.28. The van der Waals surface area contributed by atoms with Gasteiger partial charge in [-0.05, 0) is 0 Å². The lowest BCUT2D eigenvalue weighted by molar-refractivity contribution is -0.0582. The summed E-state index contributed by atoms with van der Waals surface area (Å²) < 4.78 is 67.9. The predicted octanol–water partition coefficient (Wildman–Crippen LogP) is -2.41. The van der Waals surface area contributed by atoms with Crippen LogP contribution in [0.5, 0.6) is 0 Å². The molecule has 4 aromatic rings. The van der Waals surface area contributed by atoms with Crippen LogP contribution in [0.3, 0.4) is 0 Å². The highest BCUT2D eigenvalue weighted by atomic mass is 31.2. The van der Waals surface area contributed by atoms with Gasteiger partial charge in [0.2, 0.25) is 5.95 Å². The number of aliphatic hydroxyl groups is 2. The van der Waals surface area contributed by atoms with Crippen LogP contribution >= 0.6 is 15.6 Å². The van der Waals surface area contributed by atoms with Crippen LogP contribution in [0.25, 0.3) is 22.3 Å². The van der Waals surface area contributed by atoms with Gasteiger partial charge in [-0.3, -0.25) is 32.5 Å². The van der Waals surface area contributed by atoms with E-state index in [9.17, 15) is 29.0 Å². The molecule has 0 amide bonds. The number of phosphoric acid groups is 2. The summed E-state index contributed by atoms with van der Waals surface area (Å²) in [6.07, 6.45) is -10.7. The first-order valence-electron chi connectivity index (χ1n) is 13.0. The topological polar surface area (TPSA) is 341 Å². The molecule has 2 fully saturated rings. The van der Waals surface area contributed by atoms with Gasteiger partial charge in [-0.25, -0.2) is 33.5 Å². The summed E-state index contributed by atoms with van der Waals surface area (Å²) in [5, 5.41) is 21.2. The van der Waals surface area contributed by atoms with E-state index in [0.29, 0.717) is 0 Å². The molecule has 250 valence electrons. The molecule has 0 saturated carbocycles. The molecule has 46 heavy (non-hydrogen) atoms. The number of hydrogen-bond acceptors (Lipinski definition) is 17. The maximum atomic E-state index is 15.8. The van der Waals surface area contributed by atoms with Crippen molar-refractivity contribution in [2.24, 2.45) is 0 Å². The van der Waals surface area contributed by atoms with Crippen LogP contribution in [0, 0.1) is 0 Å². The Labute approximate surface area is 253 Å². The van der Waals surface area contributed by atoms with Crippen molar-refractivity contribution in [3.8, 4) is 0 Å². The minimum atomic E-state index is -5.28. The van der Waals surface area contributed by atoms with Crippen molar-refractivity contribution in [2.45, 2.75) is 49.1 Å². The van der Waals surface area contributed by atoms with Crippen LogP contribution < -0.4 is 17.0 Å². The lowest BCUT2D eigenvalue weighted by Gasteiger charge is -2.23. The van der Waals surface area contributed by atoms with Crippen LogP contribution in [0.15, 0.2) is 23.8 Å². The lowest BCUT2D eigenvalue weighted by atomic mass is 10.1. The highest BCUT2D eigenvalue weighted by molar-refractivity contribution is 7.47. The Morgan fingerprint density at radius 1 is 0.913 bits per heavy atom. The molecule has 6 rings (SSSR count). The Hall–Kier alpha value is -3.51. The van der Waals surface area contributed by atoms with E-state index in [1.165, 1.54) is 0 Å². The third-order valence-corrected chi connectivity index (χ3v) is 8.52. The van der Waals surface area contributed by atoms with Gasteiger partial charge in [-0.2, -0.15) is 4.98 Å². The Morgan fingerprint density at radius 2 is 1.57 bits per heavy atom. The number of hydrogen-bond donors (Lipinski definition) is 8. The van der Waals surface area contributed by atoms with Crippen LogP contribution in [-0.2, 0) is 32.2 Å². The molecule has 0 radical (unpaired) electrons. The summed E-state index contributed by atoms with van der Waals surface area (Å²) in [7, 11) is -10.4. The number of anilines is 2. The molecule has 6 heterocycles. The minimum Gasteiger partial charge on any atom is -0.387 e. The van der Waals surface area contributed by atoms with Crippen molar-refractivity contribution < 1.29 is 61.5 Å². The zero-order valence-corrected chi connectivity index (χ0v) is 24.6. The van der Waals surface area contributed by atoms with Crippen LogP contribution in [-0.4, -0.2) is 114 Å². The van der Waals surface area contributed by atoms with Gasteiger partial charge in [0.05, 0.1) is 25.9 Å². The van der Waals surface area contributed by atoms with Crippen molar-refractivity contribution in [2.75, 3.05) is 24.7 Å². The van der Waals surface area contributed by atoms with E-state index in [2.05, 4.69) is 34.4 Å². The molecule has 2 aliphatic rings. The number of aromatic nitrogens is 8. The van der Waals surface area contributed by atoms with E-state index in [1.54, 1.807) is 0 Å². The molecular formula is C20H25FN10O13P2. The molecule has 26 heteroatoms. The second-order valence-corrected chi connectivity index (χ2v) is 12.7. The number of fused-ring (bicyclic) bond motifs is 2. The van der Waals surface area contributed by atoms with E-state index >= 15 is 4.39 Å². The van der Waals surface area contributed by atoms with Crippen LogP contribution in [0.1, 0.15) is 12.5 Å². The smallest absolute Gasteiger partial charge is 0.387 e. The highest BCUT2D eigenvalue weighted by Crippen LogP contribution is 2.50. The molecule has 4 aromatic heterocycles. The van der Waals surface area contributed by atoms with Crippen LogP contribution in [0.2, 0.25) is 0 Å². The summed E-state index contributed by atoms with van der Waals surface area (Å²) in [6.45, 7) is -1.89. The molecule has 23 nitrogen and oxygen atoms in total. The van der Waals surface area contributed by atoms with Gasteiger partial charge in [-0.15, -0.1) is 0 Å². The first kappa shape index (κ1) is 32.4. The number of rotatable bonds is 10. The summed E-state index contributed by atoms with van der Waals surface area (Å²) in [6, 6.07) is 0. The largest absolute Gasteiger partial charge is 0.472 e. The fourth-order valence-electron chi connectivity index (χ4n) is 4.98. The number of nitrogens with one attached hydrogen (secondary N) is 1. The lowest BCUT2D eigenvalue weighted by Crippen LogP contribution is -2.35. The summed E-state index contributed by atoms with van der Waals surface area (Å²) in [4.78, 5) is 62.7. The molecule has 10 N–H and O–H groups in total. The number of phosphoric ester groups is 2. The Morgan fingerprint density at radius 3 is 2.28 bits per heavy atom. The van der Waals surface area contributed by atoms with E-state index in [0.717, 1.165) is 28.1 Å². The predicted molar refractivity (Wildman–Crippen MR) is 146 cm³/mol. The maximum absolute atomic E-state index is 15.8. The number of nitrogens with two attached hydrogens (primary N) is 2. The maximum Gasteiger partial charge on any atom is 0.472 e. The standard InChI is InChI=1S/C20H25FN10O13P2/c21-8-13(7(2-40-45(35,36)37)43-18(8)30-4-26-9-14(22)24-3-25-15(9)30)44-46(38,39)41-1-6-11(32)12(33)19(42-6)31-5-27-10-16(31)28-20(23)29-17(10)34/h3-8,11-13,18-19,32-33H,1-2H2,(H,38,39)(H2,22,24,25)(H2,35,36,37)(H3,23,28,29,34)/t6-,7-,8-,11-,12-,13-,18-,19-/m1/s1. The molecule has 9 atom stereocenters. The van der Waals surface area contributed by atoms with Crippen molar-refractivity contribution >= 4 is 49.7 Å². The molecule has 1 unspecified atom stereocenters. The van der Waals surface area contributed by atoms with Gasteiger partial charge >= 0.3 is 15.6 Å². The van der Waals surface area contributed by atoms with E-state index in [4.69, 9.17) is 39.8 Å². The van der Waals surface area contributed by atoms with Crippen LogP contribution in [0.4, 0.5) is 16.2 Å². The minimum absolute atomic E-state index is 0.00698. The number of nitrogen functional groups attached to an aromatic ring is 2. The van der Waals surface area contributed by atoms with Crippen molar-refractivity contribution in [1.82, 2.24) is 39.0 Å². The highest BCUT2D eigenvalue weighted by Gasteiger charge is 2.52. The Bertz CT molecular complexity index is 1920. The number of aromatic amines is 1. The molecular weight excluding hydrogens is 669 g/mol. The first-order valence-corrected chi connectivity index (χ1v) is 16.0. The molecule has 0 aliphatic carbocycles. The Balaban J connectivity index is 1.18. The van der Waals surface area contributed by atoms with Gasteiger partial charge in [0.15, 0.2) is 41.3 Å². The summed E-state index contributed by atoms with van der Waals surface area (Å²) in [5.74, 6) is -0.309. The average Bonchev–Trinajstić information content (AvgIpc) is 3.73.